The molecule has 5 heteroatoms. The lowest BCUT2D eigenvalue weighted by Crippen LogP contribution is -2.32. The fraction of sp³-hybridized carbons (Fsp3) is 0.0909. The molecule has 0 spiro atoms. The molecule has 0 aliphatic heterocycles. The summed E-state index contributed by atoms with van der Waals surface area (Å²) in [5.41, 5.74) is 2.05. The Balaban J connectivity index is 1.60. The van der Waals surface area contributed by atoms with Crippen LogP contribution in [0.2, 0.25) is 0 Å². The average Bonchev–Trinajstić information content (AvgIpc) is 2.68. The Morgan fingerprint density at radius 2 is 1.63 bits per heavy atom. The van der Waals surface area contributed by atoms with Gasteiger partial charge in [0.2, 0.25) is 5.91 Å². The van der Waals surface area contributed by atoms with Gasteiger partial charge in [-0.3, -0.25) is 9.59 Å². The number of hydrogen-bond acceptors (Lipinski definition) is 3. The highest BCUT2D eigenvalue weighted by molar-refractivity contribution is 5.99. The minimum Gasteiger partial charge on any atom is -0.455 e. The Labute approximate surface area is 158 Å². The summed E-state index contributed by atoms with van der Waals surface area (Å²) in [7, 11) is 0. The predicted octanol–water partition coefficient (Wildman–Crippen LogP) is 4.16. The van der Waals surface area contributed by atoms with E-state index in [1.807, 2.05) is 55.5 Å². The first-order chi connectivity index (χ1) is 13.1. The van der Waals surface area contributed by atoms with Crippen LogP contribution in [0.3, 0.4) is 0 Å². The van der Waals surface area contributed by atoms with Gasteiger partial charge in [-0.1, -0.05) is 48.0 Å². The van der Waals surface area contributed by atoms with Crippen molar-refractivity contribution in [2.24, 2.45) is 0 Å². The van der Waals surface area contributed by atoms with Gasteiger partial charge in [0.15, 0.2) is 5.75 Å². The van der Waals surface area contributed by atoms with E-state index in [2.05, 4.69) is 10.6 Å². The molecular weight excluding hydrogens is 340 g/mol. The van der Waals surface area contributed by atoms with Crippen LogP contribution in [-0.2, 0) is 4.79 Å². The zero-order chi connectivity index (χ0) is 19.1. The van der Waals surface area contributed by atoms with E-state index in [4.69, 9.17) is 4.74 Å². The molecule has 0 atom stereocenters. The summed E-state index contributed by atoms with van der Waals surface area (Å²) in [4.78, 5) is 24.4. The van der Waals surface area contributed by atoms with E-state index >= 15 is 0 Å². The molecule has 27 heavy (non-hydrogen) atoms. The average molecular weight is 360 g/mol. The van der Waals surface area contributed by atoms with Gasteiger partial charge in [-0.25, -0.2) is 0 Å². The fourth-order valence-corrected chi connectivity index (χ4v) is 2.52. The van der Waals surface area contributed by atoms with Gasteiger partial charge in [-0.2, -0.15) is 0 Å². The van der Waals surface area contributed by atoms with Gasteiger partial charge in [0.05, 0.1) is 12.2 Å². The standard InChI is InChI=1S/C22H20N2O3/c1-16-8-7-9-17(14-16)22(26)23-15-21(25)24-19-12-5-6-13-20(19)27-18-10-3-2-4-11-18/h2-14H,15H2,1H3,(H,23,26)(H,24,25). The Kier molecular flexibility index (Phi) is 5.84. The van der Waals surface area contributed by atoms with Crippen molar-refractivity contribution in [3.63, 3.8) is 0 Å². The van der Waals surface area contributed by atoms with Gasteiger partial charge >= 0.3 is 0 Å². The van der Waals surface area contributed by atoms with Crippen LogP contribution in [0.15, 0.2) is 78.9 Å². The molecule has 0 aliphatic carbocycles. The highest BCUT2D eigenvalue weighted by Crippen LogP contribution is 2.28. The first-order valence-corrected chi connectivity index (χ1v) is 8.58. The van der Waals surface area contributed by atoms with E-state index in [0.29, 0.717) is 22.7 Å². The summed E-state index contributed by atoms with van der Waals surface area (Å²) in [6.45, 7) is 1.78. The number of carbonyl (C=O) groups is 2. The molecule has 3 rings (SSSR count). The molecule has 0 aromatic heterocycles. The normalized spacial score (nSPS) is 10.1. The van der Waals surface area contributed by atoms with Crippen LogP contribution in [0.5, 0.6) is 11.5 Å². The van der Waals surface area contributed by atoms with Crippen molar-refractivity contribution in [2.45, 2.75) is 6.92 Å². The monoisotopic (exact) mass is 360 g/mol. The quantitative estimate of drug-likeness (QED) is 0.694. The van der Waals surface area contributed by atoms with Gasteiger partial charge in [-0.15, -0.1) is 0 Å². The van der Waals surface area contributed by atoms with Crippen LogP contribution in [0.1, 0.15) is 15.9 Å². The minimum absolute atomic E-state index is 0.132. The molecule has 3 aromatic rings. The van der Waals surface area contributed by atoms with Crippen molar-refractivity contribution in [1.29, 1.82) is 0 Å². The number of ether oxygens (including phenoxy) is 1. The van der Waals surface area contributed by atoms with Gasteiger partial charge in [0.25, 0.3) is 5.91 Å². The van der Waals surface area contributed by atoms with Crippen molar-refractivity contribution in [3.8, 4) is 11.5 Å². The summed E-state index contributed by atoms with van der Waals surface area (Å²) in [6.07, 6.45) is 0. The largest absolute Gasteiger partial charge is 0.455 e. The molecule has 0 bridgehead atoms. The summed E-state index contributed by atoms with van der Waals surface area (Å²) in [5.74, 6) is 0.580. The molecule has 5 nitrogen and oxygen atoms in total. The van der Waals surface area contributed by atoms with Crippen molar-refractivity contribution in [3.05, 3.63) is 90.0 Å². The molecule has 0 fully saturated rings. The van der Waals surface area contributed by atoms with E-state index in [1.54, 1.807) is 30.3 Å². The highest BCUT2D eigenvalue weighted by Gasteiger charge is 2.11. The van der Waals surface area contributed by atoms with Crippen molar-refractivity contribution < 1.29 is 14.3 Å². The van der Waals surface area contributed by atoms with E-state index in [0.717, 1.165) is 5.56 Å². The van der Waals surface area contributed by atoms with Crippen molar-refractivity contribution in [1.82, 2.24) is 5.32 Å². The molecule has 0 saturated heterocycles. The number of carbonyl (C=O) groups excluding carboxylic acids is 2. The van der Waals surface area contributed by atoms with E-state index in [1.165, 1.54) is 0 Å². The summed E-state index contributed by atoms with van der Waals surface area (Å²) >= 11 is 0. The molecule has 0 radical (unpaired) electrons. The fourth-order valence-electron chi connectivity index (χ4n) is 2.52. The first-order valence-electron chi connectivity index (χ1n) is 8.58. The van der Waals surface area contributed by atoms with Gasteiger partial charge in [0, 0.05) is 5.56 Å². The van der Waals surface area contributed by atoms with Crippen molar-refractivity contribution in [2.75, 3.05) is 11.9 Å². The van der Waals surface area contributed by atoms with Crippen LogP contribution in [0.25, 0.3) is 0 Å². The minimum atomic E-state index is -0.333. The van der Waals surface area contributed by atoms with Crippen LogP contribution in [-0.4, -0.2) is 18.4 Å². The molecule has 0 aliphatic rings. The maximum Gasteiger partial charge on any atom is 0.251 e. The van der Waals surface area contributed by atoms with Gasteiger partial charge < -0.3 is 15.4 Å². The van der Waals surface area contributed by atoms with Crippen LogP contribution in [0.4, 0.5) is 5.69 Å². The predicted molar refractivity (Wildman–Crippen MR) is 105 cm³/mol. The summed E-state index contributed by atoms with van der Waals surface area (Å²) < 4.78 is 5.82. The number of rotatable bonds is 6. The number of para-hydroxylation sites is 3. The van der Waals surface area contributed by atoms with E-state index < -0.39 is 0 Å². The number of benzene rings is 3. The molecule has 2 amide bonds. The SMILES string of the molecule is Cc1cccc(C(=O)NCC(=O)Nc2ccccc2Oc2ccccc2)c1. The Morgan fingerprint density at radius 3 is 2.41 bits per heavy atom. The lowest BCUT2D eigenvalue weighted by Gasteiger charge is -2.12. The second kappa shape index (κ2) is 8.67. The van der Waals surface area contributed by atoms with Gasteiger partial charge in [-0.05, 0) is 43.3 Å². The number of anilines is 1. The number of nitrogens with one attached hydrogen (secondary N) is 2. The number of amides is 2. The maximum atomic E-state index is 12.2. The smallest absolute Gasteiger partial charge is 0.251 e. The van der Waals surface area contributed by atoms with Crippen LogP contribution >= 0.6 is 0 Å². The Hall–Kier alpha value is -3.60. The Morgan fingerprint density at radius 1 is 0.889 bits per heavy atom. The number of hydrogen-bond donors (Lipinski definition) is 2. The molecule has 0 unspecified atom stereocenters. The third-order valence-electron chi connectivity index (χ3n) is 3.82. The lowest BCUT2D eigenvalue weighted by molar-refractivity contribution is -0.115. The maximum absolute atomic E-state index is 12.2. The van der Waals surface area contributed by atoms with Crippen LogP contribution < -0.4 is 15.4 Å². The molecule has 2 N–H and O–H groups in total. The van der Waals surface area contributed by atoms with Gasteiger partial charge in [0.1, 0.15) is 5.75 Å². The molecule has 136 valence electrons. The molecule has 0 heterocycles. The summed E-state index contributed by atoms with van der Waals surface area (Å²) in [6, 6.07) is 23.7. The Bertz CT molecular complexity index is 939. The zero-order valence-electron chi connectivity index (χ0n) is 14.9. The third-order valence-corrected chi connectivity index (χ3v) is 3.82. The molecule has 3 aromatic carbocycles. The van der Waals surface area contributed by atoms with Crippen molar-refractivity contribution >= 4 is 17.5 Å². The lowest BCUT2D eigenvalue weighted by atomic mass is 10.1. The first kappa shape index (κ1) is 18.2. The second-order valence-electron chi connectivity index (χ2n) is 6.01. The van der Waals surface area contributed by atoms with Crippen LogP contribution in [0, 0.1) is 6.92 Å². The van der Waals surface area contributed by atoms with E-state index in [-0.39, 0.29) is 18.4 Å². The topological polar surface area (TPSA) is 67.4 Å². The molecule has 0 saturated carbocycles. The van der Waals surface area contributed by atoms with E-state index in [9.17, 15) is 9.59 Å². The zero-order valence-corrected chi connectivity index (χ0v) is 14.9. The molecular formula is C22H20N2O3. The second-order valence-corrected chi connectivity index (χ2v) is 6.01. The third kappa shape index (κ3) is 5.19. The highest BCUT2D eigenvalue weighted by atomic mass is 16.5. The number of aryl methyl sites for hydroxylation is 1. The summed E-state index contributed by atoms with van der Waals surface area (Å²) in [5, 5.41) is 5.39.